The molecule has 4 nitrogen and oxygen atoms in total. The minimum Gasteiger partial charge on any atom is -0.385 e. The maximum absolute atomic E-state index is 11.8. The lowest BCUT2D eigenvalue weighted by Gasteiger charge is -2.30. The molecule has 0 aromatic heterocycles. The average molecular weight is 250 g/mol. The lowest BCUT2D eigenvalue weighted by molar-refractivity contribution is -0.123. The summed E-state index contributed by atoms with van der Waals surface area (Å²) >= 11 is 0. The van der Waals surface area contributed by atoms with Gasteiger partial charge in [-0.05, 0) is 18.9 Å². The number of amides is 1. The Hall–Kier alpha value is -1.39. The molecule has 4 heteroatoms. The molecule has 0 bridgehead atoms. The SMILES string of the molecule is COCCCC(=O)NC(C)(CN)c1ccccc1. The second-order valence-corrected chi connectivity index (χ2v) is 4.55. The van der Waals surface area contributed by atoms with Gasteiger partial charge in [-0.25, -0.2) is 0 Å². The molecule has 0 fully saturated rings. The number of carbonyl (C=O) groups is 1. The molecule has 1 unspecified atom stereocenters. The van der Waals surface area contributed by atoms with Crippen molar-refractivity contribution in [1.82, 2.24) is 5.32 Å². The molecule has 3 N–H and O–H groups in total. The molecule has 0 spiro atoms. The molecular weight excluding hydrogens is 228 g/mol. The van der Waals surface area contributed by atoms with Crippen molar-refractivity contribution in [2.45, 2.75) is 25.3 Å². The molecule has 0 saturated carbocycles. The van der Waals surface area contributed by atoms with Crippen molar-refractivity contribution in [2.75, 3.05) is 20.3 Å². The van der Waals surface area contributed by atoms with E-state index in [4.69, 9.17) is 10.5 Å². The van der Waals surface area contributed by atoms with Crippen molar-refractivity contribution in [3.63, 3.8) is 0 Å². The number of methoxy groups -OCH3 is 1. The number of ether oxygens (including phenoxy) is 1. The molecule has 0 aliphatic heterocycles. The average Bonchev–Trinajstić information content (AvgIpc) is 2.40. The molecule has 0 aliphatic carbocycles. The van der Waals surface area contributed by atoms with Crippen molar-refractivity contribution in [1.29, 1.82) is 0 Å². The zero-order chi connectivity index (χ0) is 13.4. The lowest BCUT2D eigenvalue weighted by Crippen LogP contribution is -2.48. The van der Waals surface area contributed by atoms with Crippen LogP contribution in [0.25, 0.3) is 0 Å². The van der Waals surface area contributed by atoms with Crippen LogP contribution in [0.3, 0.4) is 0 Å². The van der Waals surface area contributed by atoms with E-state index < -0.39 is 5.54 Å². The number of nitrogens with one attached hydrogen (secondary N) is 1. The second kappa shape index (κ2) is 7.13. The Kier molecular flexibility index (Phi) is 5.82. The minimum absolute atomic E-state index is 0.00357. The van der Waals surface area contributed by atoms with E-state index in [2.05, 4.69) is 5.32 Å². The van der Waals surface area contributed by atoms with Gasteiger partial charge in [-0.15, -0.1) is 0 Å². The van der Waals surface area contributed by atoms with Crippen LogP contribution >= 0.6 is 0 Å². The van der Waals surface area contributed by atoms with E-state index in [9.17, 15) is 4.79 Å². The van der Waals surface area contributed by atoms with Gasteiger partial charge in [-0.2, -0.15) is 0 Å². The molecule has 18 heavy (non-hydrogen) atoms. The first kappa shape index (κ1) is 14.7. The first-order valence-electron chi connectivity index (χ1n) is 6.18. The minimum atomic E-state index is -0.509. The Balaban J connectivity index is 2.63. The Bertz CT molecular complexity index is 367. The predicted molar refractivity (Wildman–Crippen MR) is 72.1 cm³/mol. The van der Waals surface area contributed by atoms with Crippen LogP contribution in [0.2, 0.25) is 0 Å². The summed E-state index contributed by atoms with van der Waals surface area (Å²) in [6, 6.07) is 9.78. The highest BCUT2D eigenvalue weighted by Gasteiger charge is 2.26. The summed E-state index contributed by atoms with van der Waals surface area (Å²) in [6.45, 7) is 2.90. The molecular formula is C14H22N2O2. The van der Waals surface area contributed by atoms with E-state index in [1.165, 1.54) is 0 Å². The fourth-order valence-electron chi connectivity index (χ4n) is 1.79. The van der Waals surface area contributed by atoms with E-state index in [-0.39, 0.29) is 5.91 Å². The highest BCUT2D eigenvalue weighted by atomic mass is 16.5. The first-order chi connectivity index (χ1) is 8.62. The van der Waals surface area contributed by atoms with E-state index >= 15 is 0 Å². The van der Waals surface area contributed by atoms with Crippen molar-refractivity contribution < 1.29 is 9.53 Å². The molecule has 0 radical (unpaired) electrons. The molecule has 0 aliphatic rings. The third-order valence-electron chi connectivity index (χ3n) is 2.99. The third kappa shape index (κ3) is 4.13. The van der Waals surface area contributed by atoms with Crippen LogP contribution in [-0.2, 0) is 15.1 Å². The largest absolute Gasteiger partial charge is 0.385 e. The number of benzene rings is 1. The van der Waals surface area contributed by atoms with Gasteiger partial charge in [0, 0.05) is 26.7 Å². The Morgan fingerprint density at radius 3 is 2.61 bits per heavy atom. The van der Waals surface area contributed by atoms with Crippen molar-refractivity contribution in [3.05, 3.63) is 35.9 Å². The van der Waals surface area contributed by atoms with Gasteiger partial charge in [-0.3, -0.25) is 4.79 Å². The summed E-state index contributed by atoms with van der Waals surface area (Å²) in [7, 11) is 1.63. The Labute approximate surface area is 109 Å². The zero-order valence-electron chi connectivity index (χ0n) is 11.1. The van der Waals surface area contributed by atoms with Crippen LogP contribution in [0, 0.1) is 0 Å². The molecule has 1 amide bonds. The monoisotopic (exact) mass is 250 g/mol. The van der Waals surface area contributed by atoms with E-state index in [0.717, 1.165) is 12.0 Å². The van der Waals surface area contributed by atoms with Crippen molar-refractivity contribution in [2.24, 2.45) is 5.73 Å². The molecule has 0 saturated heterocycles. The van der Waals surface area contributed by atoms with Gasteiger partial charge >= 0.3 is 0 Å². The summed E-state index contributed by atoms with van der Waals surface area (Å²) in [6.07, 6.45) is 1.17. The highest BCUT2D eigenvalue weighted by Crippen LogP contribution is 2.19. The van der Waals surface area contributed by atoms with Gasteiger partial charge in [0.25, 0.3) is 0 Å². The Morgan fingerprint density at radius 2 is 2.06 bits per heavy atom. The van der Waals surface area contributed by atoms with Crippen LogP contribution < -0.4 is 11.1 Å². The fraction of sp³-hybridized carbons (Fsp3) is 0.500. The van der Waals surface area contributed by atoms with Gasteiger partial charge in [-0.1, -0.05) is 30.3 Å². The molecule has 1 atom stereocenters. The molecule has 0 heterocycles. The number of hydrogen-bond donors (Lipinski definition) is 2. The Morgan fingerprint density at radius 1 is 1.39 bits per heavy atom. The summed E-state index contributed by atoms with van der Waals surface area (Å²) < 4.78 is 4.93. The molecule has 100 valence electrons. The summed E-state index contributed by atoms with van der Waals surface area (Å²) in [5.74, 6) is 0.00357. The van der Waals surface area contributed by atoms with Crippen LogP contribution in [0.4, 0.5) is 0 Å². The number of carbonyl (C=O) groups excluding carboxylic acids is 1. The van der Waals surface area contributed by atoms with Gasteiger partial charge in [0.15, 0.2) is 0 Å². The number of nitrogens with two attached hydrogens (primary N) is 1. The predicted octanol–water partition coefficient (Wildman–Crippen LogP) is 1.40. The van der Waals surface area contributed by atoms with E-state index in [0.29, 0.717) is 19.6 Å². The third-order valence-corrected chi connectivity index (χ3v) is 2.99. The van der Waals surface area contributed by atoms with Gasteiger partial charge in [0.05, 0.1) is 5.54 Å². The standard InChI is InChI=1S/C14H22N2O2/c1-14(11-15,12-7-4-3-5-8-12)16-13(17)9-6-10-18-2/h3-5,7-8H,6,9-11,15H2,1-2H3,(H,16,17). The molecule has 1 rings (SSSR count). The van der Waals surface area contributed by atoms with Crippen LogP contribution in [0.1, 0.15) is 25.3 Å². The zero-order valence-corrected chi connectivity index (χ0v) is 11.1. The van der Waals surface area contributed by atoms with Crippen molar-refractivity contribution >= 4 is 5.91 Å². The quantitative estimate of drug-likeness (QED) is 0.719. The second-order valence-electron chi connectivity index (χ2n) is 4.55. The first-order valence-corrected chi connectivity index (χ1v) is 6.18. The lowest BCUT2D eigenvalue weighted by atomic mass is 9.92. The summed E-state index contributed by atoms with van der Waals surface area (Å²) in [5, 5.41) is 3.00. The van der Waals surface area contributed by atoms with Gasteiger partial charge < -0.3 is 15.8 Å². The maximum atomic E-state index is 11.8. The molecule has 1 aromatic rings. The highest BCUT2D eigenvalue weighted by molar-refractivity contribution is 5.77. The molecule has 1 aromatic carbocycles. The fourth-order valence-corrected chi connectivity index (χ4v) is 1.79. The van der Waals surface area contributed by atoms with Gasteiger partial charge in [0.2, 0.25) is 5.91 Å². The van der Waals surface area contributed by atoms with Gasteiger partial charge in [0.1, 0.15) is 0 Å². The van der Waals surface area contributed by atoms with Crippen molar-refractivity contribution in [3.8, 4) is 0 Å². The van der Waals surface area contributed by atoms with Crippen LogP contribution in [0.5, 0.6) is 0 Å². The maximum Gasteiger partial charge on any atom is 0.220 e. The summed E-state index contributed by atoms with van der Waals surface area (Å²) in [4.78, 5) is 11.8. The van der Waals surface area contributed by atoms with Crippen LogP contribution in [0.15, 0.2) is 30.3 Å². The number of hydrogen-bond acceptors (Lipinski definition) is 3. The summed E-state index contributed by atoms with van der Waals surface area (Å²) in [5.41, 5.74) is 6.32. The topological polar surface area (TPSA) is 64.3 Å². The normalized spacial score (nSPS) is 13.9. The van der Waals surface area contributed by atoms with Crippen LogP contribution in [-0.4, -0.2) is 26.2 Å². The number of rotatable bonds is 7. The smallest absolute Gasteiger partial charge is 0.220 e. The van der Waals surface area contributed by atoms with E-state index in [1.54, 1.807) is 7.11 Å². The van der Waals surface area contributed by atoms with E-state index in [1.807, 2.05) is 37.3 Å².